The van der Waals surface area contributed by atoms with E-state index in [9.17, 15) is 4.79 Å². The summed E-state index contributed by atoms with van der Waals surface area (Å²) in [5, 5.41) is 5.11. The molecule has 0 saturated heterocycles. The van der Waals surface area contributed by atoms with Crippen LogP contribution in [0, 0.1) is 0 Å². The maximum Gasteiger partial charge on any atom is 0.265 e. The molecule has 152 valence electrons. The Morgan fingerprint density at radius 3 is 2.63 bits per heavy atom. The van der Waals surface area contributed by atoms with Crippen molar-refractivity contribution in [3.63, 3.8) is 0 Å². The Bertz CT molecular complexity index is 1220. The highest BCUT2D eigenvalue weighted by Crippen LogP contribution is 2.31. The van der Waals surface area contributed by atoms with Gasteiger partial charge in [-0.25, -0.2) is 0 Å². The second kappa shape index (κ2) is 7.86. The van der Waals surface area contributed by atoms with Gasteiger partial charge < -0.3 is 14.5 Å². The van der Waals surface area contributed by atoms with E-state index < -0.39 is 6.10 Å². The minimum absolute atomic E-state index is 0.148. The number of carbonyl (C=O) groups is 1. The molecule has 0 aliphatic heterocycles. The van der Waals surface area contributed by atoms with Crippen LogP contribution >= 0.6 is 0 Å². The zero-order valence-corrected chi connectivity index (χ0v) is 17.1. The molecule has 1 aromatic heterocycles. The van der Waals surface area contributed by atoms with Crippen molar-refractivity contribution in [3.8, 4) is 5.75 Å². The van der Waals surface area contributed by atoms with Crippen LogP contribution in [0.4, 0.5) is 5.69 Å². The first-order valence-electron chi connectivity index (χ1n) is 10.7. The van der Waals surface area contributed by atoms with Crippen molar-refractivity contribution in [2.45, 2.75) is 45.1 Å². The van der Waals surface area contributed by atoms with Crippen LogP contribution in [0.25, 0.3) is 21.9 Å². The summed E-state index contributed by atoms with van der Waals surface area (Å²) in [6, 6.07) is 19.9. The van der Waals surface area contributed by atoms with Gasteiger partial charge in [0.25, 0.3) is 5.91 Å². The first-order valence-corrected chi connectivity index (χ1v) is 10.7. The van der Waals surface area contributed by atoms with Crippen LogP contribution in [-0.2, 0) is 17.6 Å². The van der Waals surface area contributed by atoms with Crippen molar-refractivity contribution < 1.29 is 13.9 Å². The summed E-state index contributed by atoms with van der Waals surface area (Å²) < 4.78 is 12.0. The van der Waals surface area contributed by atoms with Crippen LogP contribution < -0.4 is 10.1 Å². The Morgan fingerprint density at radius 1 is 0.967 bits per heavy atom. The van der Waals surface area contributed by atoms with E-state index in [1.54, 1.807) is 0 Å². The van der Waals surface area contributed by atoms with Crippen LogP contribution in [0.5, 0.6) is 5.75 Å². The average molecular weight is 399 g/mol. The van der Waals surface area contributed by atoms with Crippen molar-refractivity contribution >= 4 is 33.5 Å². The summed E-state index contributed by atoms with van der Waals surface area (Å²) >= 11 is 0. The minimum atomic E-state index is -0.544. The molecule has 4 nitrogen and oxygen atoms in total. The smallest absolute Gasteiger partial charge is 0.265 e. The number of furan rings is 1. The largest absolute Gasteiger partial charge is 0.481 e. The van der Waals surface area contributed by atoms with Gasteiger partial charge in [-0.1, -0.05) is 31.2 Å². The molecule has 1 heterocycles. The Hall–Kier alpha value is -3.27. The van der Waals surface area contributed by atoms with E-state index in [1.165, 1.54) is 24.0 Å². The number of hydrogen-bond acceptors (Lipinski definition) is 3. The molecule has 3 aromatic carbocycles. The van der Waals surface area contributed by atoms with Gasteiger partial charge in [0.05, 0.1) is 0 Å². The maximum absolute atomic E-state index is 12.9. The topological polar surface area (TPSA) is 51.5 Å². The summed E-state index contributed by atoms with van der Waals surface area (Å²) in [7, 11) is 0. The lowest BCUT2D eigenvalue weighted by Gasteiger charge is -2.20. The third kappa shape index (κ3) is 3.54. The number of hydrogen-bond donors (Lipinski definition) is 1. The van der Waals surface area contributed by atoms with Gasteiger partial charge in [-0.2, -0.15) is 0 Å². The summed E-state index contributed by atoms with van der Waals surface area (Å²) in [6.07, 6.45) is 4.75. The van der Waals surface area contributed by atoms with Crippen LogP contribution in [0.2, 0.25) is 0 Å². The van der Waals surface area contributed by atoms with Crippen LogP contribution in [0.3, 0.4) is 0 Å². The number of amides is 1. The molecule has 0 saturated carbocycles. The van der Waals surface area contributed by atoms with Crippen molar-refractivity contribution in [3.05, 3.63) is 71.8 Å². The Kier molecular flexibility index (Phi) is 4.91. The number of anilines is 1. The van der Waals surface area contributed by atoms with Crippen LogP contribution in [0.15, 0.2) is 65.1 Å². The molecule has 1 aliphatic rings. The van der Waals surface area contributed by atoms with Crippen molar-refractivity contribution in [1.82, 2.24) is 0 Å². The maximum atomic E-state index is 12.9. The number of fused-ring (bicyclic) bond motifs is 4. The van der Waals surface area contributed by atoms with Gasteiger partial charge in [0.1, 0.15) is 16.9 Å². The van der Waals surface area contributed by atoms with E-state index in [1.807, 2.05) is 55.5 Å². The number of ether oxygens (including phenoxy) is 1. The van der Waals surface area contributed by atoms with E-state index in [2.05, 4.69) is 17.4 Å². The number of nitrogens with one attached hydrogen (secondary N) is 1. The minimum Gasteiger partial charge on any atom is -0.481 e. The Morgan fingerprint density at radius 2 is 1.77 bits per heavy atom. The predicted molar refractivity (Wildman–Crippen MR) is 120 cm³/mol. The van der Waals surface area contributed by atoms with Crippen molar-refractivity contribution in [2.24, 2.45) is 0 Å². The molecule has 1 aliphatic carbocycles. The normalized spacial score (nSPS) is 14.4. The first kappa shape index (κ1) is 18.7. The SMILES string of the molecule is CC[C@@H](Oc1ccc2c(c1)CCCC2)C(=O)Nc1ccc2c(c1)oc1ccccc12. The van der Waals surface area contributed by atoms with Crippen LogP contribution in [-0.4, -0.2) is 12.0 Å². The van der Waals surface area contributed by atoms with Gasteiger partial charge in [-0.15, -0.1) is 0 Å². The number of carbonyl (C=O) groups excluding carboxylic acids is 1. The van der Waals surface area contributed by atoms with Crippen molar-refractivity contribution in [1.29, 1.82) is 0 Å². The fraction of sp³-hybridized carbons (Fsp3) is 0.269. The molecule has 1 amide bonds. The van der Waals surface area contributed by atoms with E-state index in [4.69, 9.17) is 9.15 Å². The molecule has 4 aromatic rings. The molecular weight excluding hydrogens is 374 g/mol. The fourth-order valence-electron chi connectivity index (χ4n) is 4.30. The average Bonchev–Trinajstić information content (AvgIpc) is 3.15. The lowest BCUT2D eigenvalue weighted by molar-refractivity contribution is -0.122. The highest BCUT2D eigenvalue weighted by molar-refractivity contribution is 6.06. The molecule has 0 fully saturated rings. The lowest BCUT2D eigenvalue weighted by Crippen LogP contribution is -2.32. The van der Waals surface area contributed by atoms with E-state index in [0.29, 0.717) is 12.1 Å². The molecule has 0 unspecified atom stereocenters. The van der Waals surface area contributed by atoms with Gasteiger partial charge >= 0.3 is 0 Å². The molecule has 0 bridgehead atoms. The second-order valence-corrected chi connectivity index (χ2v) is 7.95. The zero-order chi connectivity index (χ0) is 20.5. The summed E-state index contributed by atoms with van der Waals surface area (Å²) in [4.78, 5) is 12.9. The number of benzene rings is 3. The van der Waals surface area contributed by atoms with Crippen molar-refractivity contribution in [2.75, 3.05) is 5.32 Å². The summed E-state index contributed by atoms with van der Waals surface area (Å²) in [5.74, 6) is 0.621. The first-order chi connectivity index (χ1) is 14.7. The predicted octanol–water partition coefficient (Wildman–Crippen LogP) is 6.26. The Labute approximate surface area is 175 Å². The highest BCUT2D eigenvalue weighted by atomic mass is 16.5. The number of para-hydroxylation sites is 1. The summed E-state index contributed by atoms with van der Waals surface area (Å²) in [5.41, 5.74) is 5.07. The van der Waals surface area contributed by atoms with Gasteiger partial charge in [0, 0.05) is 22.5 Å². The standard InChI is InChI=1S/C26H25NO3/c1-2-23(29-20-13-11-17-7-3-4-8-18(17)15-20)26(28)27-19-12-14-22-21-9-5-6-10-24(21)30-25(22)16-19/h5-6,9-16,23H,2-4,7-8H2,1H3,(H,27,28)/t23-/m1/s1. The second-order valence-electron chi connectivity index (χ2n) is 7.95. The highest BCUT2D eigenvalue weighted by Gasteiger charge is 2.20. The van der Waals surface area contributed by atoms with Crippen LogP contribution in [0.1, 0.15) is 37.3 Å². The molecular formula is C26H25NO3. The van der Waals surface area contributed by atoms with Gasteiger partial charge in [-0.05, 0) is 73.6 Å². The molecule has 4 heteroatoms. The third-order valence-corrected chi connectivity index (χ3v) is 5.91. The number of aryl methyl sites for hydroxylation is 2. The molecule has 1 N–H and O–H groups in total. The fourth-order valence-corrected chi connectivity index (χ4v) is 4.30. The van der Waals surface area contributed by atoms with E-state index in [-0.39, 0.29) is 5.91 Å². The molecule has 0 radical (unpaired) electrons. The molecule has 0 spiro atoms. The van der Waals surface area contributed by atoms with Gasteiger partial charge in [0.15, 0.2) is 6.10 Å². The zero-order valence-electron chi connectivity index (χ0n) is 17.1. The summed E-state index contributed by atoms with van der Waals surface area (Å²) in [6.45, 7) is 1.96. The Balaban J connectivity index is 1.33. The van der Waals surface area contributed by atoms with E-state index in [0.717, 1.165) is 40.5 Å². The molecule has 30 heavy (non-hydrogen) atoms. The third-order valence-electron chi connectivity index (χ3n) is 5.91. The van der Waals surface area contributed by atoms with Gasteiger partial charge in [-0.3, -0.25) is 4.79 Å². The molecule has 1 atom stereocenters. The molecule has 5 rings (SSSR count). The van der Waals surface area contributed by atoms with E-state index >= 15 is 0 Å². The number of rotatable bonds is 5. The lowest BCUT2D eigenvalue weighted by atomic mass is 9.92. The quantitative estimate of drug-likeness (QED) is 0.431. The monoisotopic (exact) mass is 399 g/mol. The van der Waals surface area contributed by atoms with Gasteiger partial charge in [0.2, 0.25) is 0 Å².